The third-order valence-electron chi connectivity index (χ3n) is 3.51. The van der Waals surface area contributed by atoms with Gasteiger partial charge in [0.15, 0.2) is 0 Å². The standard InChI is InChI=1S/C14H16N6O3/c21-11-4-2-1-3-10(11)9-16-20-14(23)12(17-18-20)13(22)19-7-5-15-6-8-19/h1-4,9,15,18,21H,5-8H2/b16-9+. The highest BCUT2D eigenvalue weighted by Gasteiger charge is 2.24. The summed E-state index contributed by atoms with van der Waals surface area (Å²) in [7, 11) is 0. The van der Waals surface area contributed by atoms with E-state index in [9.17, 15) is 14.7 Å². The average Bonchev–Trinajstić information content (AvgIpc) is 2.95. The molecular formula is C14H16N6O3. The van der Waals surface area contributed by atoms with Gasteiger partial charge in [0.05, 0.1) is 6.21 Å². The fourth-order valence-corrected chi connectivity index (χ4v) is 2.24. The van der Waals surface area contributed by atoms with Crippen LogP contribution >= 0.6 is 0 Å². The topological polar surface area (TPSA) is 116 Å². The van der Waals surface area contributed by atoms with Crippen molar-refractivity contribution in [3.8, 4) is 5.75 Å². The lowest BCUT2D eigenvalue weighted by Crippen LogP contribution is -2.47. The van der Waals surface area contributed by atoms with Crippen molar-refractivity contribution in [3.63, 3.8) is 0 Å². The number of para-hydroxylation sites is 1. The molecule has 2 aromatic rings. The second-order valence-corrected chi connectivity index (χ2v) is 5.02. The summed E-state index contributed by atoms with van der Waals surface area (Å²) >= 11 is 0. The monoisotopic (exact) mass is 316 g/mol. The third kappa shape index (κ3) is 3.14. The quantitative estimate of drug-likeness (QED) is 0.642. The van der Waals surface area contributed by atoms with E-state index in [-0.39, 0.29) is 11.4 Å². The predicted molar refractivity (Wildman–Crippen MR) is 82.7 cm³/mol. The van der Waals surface area contributed by atoms with Gasteiger partial charge in [-0.05, 0) is 12.1 Å². The SMILES string of the molecule is O=C(c1n[nH]n(/N=C/c2ccccc2O)c1=O)N1CCNCC1. The maximum Gasteiger partial charge on any atom is 0.320 e. The lowest BCUT2D eigenvalue weighted by molar-refractivity contribution is 0.0728. The number of phenolic OH excluding ortho intramolecular Hbond substituents is 1. The van der Waals surface area contributed by atoms with Crippen LogP contribution in [0.2, 0.25) is 0 Å². The summed E-state index contributed by atoms with van der Waals surface area (Å²) in [6, 6.07) is 6.57. The number of benzene rings is 1. The van der Waals surface area contributed by atoms with Gasteiger partial charge in [-0.3, -0.25) is 9.59 Å². The number of carbonyl (C=O) groups excluding carboxylic acids is 1. The minimum absolute atomic E-state index is 0.0425. The number of piperazine rings is 1. The van der Waals surface area contributed by atoms with Gasteiger partial charge in [-0.15, -0.1) is 9.89 Å². The molecule has 9 nitrogen and oxygen atoms in total. The van der Waals surface area contributed by atoms with E-state index < -0.39 is 11.5 Å². The molecule has 1 aliphatic heterocycles. The molecule has 1 fully saturated rings. The summed E-state index contributed by atoms with van der Waals surface area (Å²) < 4.78 is 0. The summed E-state index contributed by atoms with van der Waals surface area (Å²) in [4.78, 5) is 26.9. The average molecular weight is 316 g/mol. The van der Waals surface area contributed by atoms with Crippen LogP contribution in [-0.2, 0) is 0 Å². The van der Waals surface area contributed by atoms with Crippen LogP contribution in [0.15, 0.2) is 34.2 Å². The molecule has 0 spiro atoms. The molecule has 3 rings (SSSR count). The molecule has 23 heavy (non-hydrogen) atoms. The number of H-pyrrole nitrogens is 1. The Bertz CT molecular complexity index is 788. The first kappa shape index (κ1) is 15.0. The maximum atomic E-state index is 12.3. The van der Waals surface area contributed by atoms with E-state index in [1.807, 2.05) is 0 Å². The molecule has 0 atom stereocenters. The normalized spacial score (nSPS) is 15.2. The number of nitrogens with one attached hydrogen (secondary N) is 2. The Labute approximate surface area is 131 Å². The van der Waals surface area contributed by atoms with E-state index in [0.717, 1.165) is 4.79 Å². The zero-order valence-corrected chi connectivity index (χ0v) is 12.3. The van der Waals surface area contributed by atoms with Crippen molar-refractivity contribution in [2.45, 2.75) is 0 Å². The van der Waals surface area contributed by atoms with Crippen LogP contribution in [0.3, 0.4) is 0 Å². The summed E-state index contributed by atoms with van der Waals surface area (Å²) in [6.07, 6.45) is 1.31. The van der Waals surface area contributed by atoms with Crippen molar-refractivity contribution in [2.75, 3.05) is 26.2 Å². The second-order valence-electron chi connectivity index (χ2n) is 5.02. The number of aromatic nitrogens is 3. The highest BCUT2D eigenvalue weighted by molar-refractivity contribution is 5.92. The van der Waals surface area contributed by atoms with E-state index in [2.05, 4.69) is 20.7 Å². The van der Waals surface area contributed by atoms with Crippen LogP contribution in [0, 0.1) is 0 Å². The molecule has 1 saturated heterocycles. The smallest absolute Gasteiger partial charge is 0.320 e. The first-order valence-corrected chi connectivity index (χ1v) is 7.16. The molecule has 1 amide bonds. The van der Waals surface area contributed by atoms with E-state index in [1.54, 1.807) is 23.1 Å². The molecule has 1 aromatic carbocycles. The summed E-state index contributed by atoms with van der Waals surface area (Å²) in [5, 5.41) is 22.8. The number of aromatic hydroxyl groups is 1. The number of rotatable bonds is 3. The van der Waals surface area contributed by atoms with E-state index >= 15 is 0 Å². The highest BCUT2D eigenvalue weighted by atomic mass is 16.3. The van der Waals surface area contributed by atoms with Crippen LogP contribution in [-0.4, -0.2) is 63.4 Å². The molecule has 0 unspecified atom stereocenters. The zero-order valence-electron chi connectivity index (χ0n) is 12.3. The fraction of sp³-hybridized carbons (Fsp3) is 0.286. The fourth-order valence-electron chi connectivity index (χ4n) is 2.24. The van der Waals surface area contributed by atoms with Gasteiger partial charge in [-0.1, -0.05) is 12.1 Å². The van der Waals surface area contributed by atoms with Gasteiger partial charge in [0, 0.05) is 31.7 Å². The van der Waals surface area contributed by atoms with Crippen LogP contribution in [0.5, 0.6) is 5.75 Å². The van der Waals surface area contributed by atoms with Crippen molar-refractivity contribution in [1.29, 1.82) is 0 Å². The van der Waals surface area contributed by atoms with Crippen LogP contribution in [0.4, 0.5) is 0 Å². The summed E-state index contributed by atoms with van der Waals surface area (Å²) in [6.45, 7) is 2.45. The number of amides is 1. The Morgan fingerprint density at radius 1 is 1.30 bits per heavy atom. The Balaban J connectivity index is 1.81. The van der Waals surface area contributed by atoms with Crippen LogP contribution in [0.25, 0.3) is 0 Å². The third-order valence-corrected chi connectivity index (χ3v) is 3.51. The van der Waals surface area contributed by atoms with Crippen molar-refractivity contribution < 1.29 is 9.90 Å². The van der Waals surface area contributed by atoms with Crippen LogP contribution in [0.1, 0.15) is 16.1 Å². The highest BCUT2D eigenvalue weighted by Crippen LogP contribution is 2.12. The van der Waals surface area contributed by atoms with Gasteiger partial charge in [0.2, 0.25) is 5.69 Å². The van der Waals surface area contributed by atoms with Gasteiger partial charge < -0.3 is 15.3 Å². The Hall–Kier alpha value is -2.94. The minimum Gasteiger partial charge on any atom is -0.507 e. The van der Waals surface area contributed by atoms with Gasteiger partial charge >= 0.3 is 5.56 Å². The molecule has 0 bridgehead atoms. The molecule has 0 saturated carbocycles. The second kappa shape index (κ2) is 6.44. The largest absolute Gasteiger partial charge is 0.507 e. The molecule has 0 radical (unpaired) electrons. The van der Waals surface area contributed by atoms with Gasteiger partial charge in [-0.2, -0.15) is 10.3 Å². The number of phenols is 1. The molecule has 1 aliphatic rings. The van der Waals surface area contributed by atoms with Crippen molar-refractivity contribution in [3.05, 3.63) is 45.9 Å². The Morgan fingerprint density at radius 3 is 2.78 bits per heavy atom. The molecule has 120 valence electrons. The maximum absolute atomic E-state index is 12.3. The molecule has 3 N–H and O–H groups in total. The van der Waals surface area contributed by atoms with E-state index in [1.165, 1.54) is 12.3 Å². The van der Waals surface area contributed by atoms with Crippen molar-refractivity contribution in [1.82, 2.24) is 25.3 Å². The van der Waals surface area contributed by atoms with E-state index in [0.29, 0.717) is 31.7 Å². The Kier molecular flexibility index (Phi) is 4.20. The number of carbonyl (C=O) groups is 1. The van der Waals surface area contributed by atoms with Gasteiger partial charge in [-0.25, -0.2) is 0 Å². The predicted octanol–water partition coefficient (Wildman–Crippen LogP) is -0.795. The van der Waals surface area contributed by atoms with Crippen molar-refractivity contribution in [2.24, 2.45) is 5.10 Å². The molecule has 9 heteroatoms. The molecule has 0 aliphatic carbocycles. The first-order valence-electron chi connectivity index (χ1n) is 7.16. The van der Waals surface area contributed by atoms with Crippen molar-refractivity contribution >= 4 is 12.1 Å². The van der Waals surface area contributed by atoms with Crippen LogP contribution < -0.4 is 10.9 Å². The van der Waals surface area contributed by atoms with E-state index in [4.69, 9.17) is 0 Å². The minimum atomic E-state index is -0.625. The van der Waals surface area contributed by atoms with Gasteiger partial charge in [0.1, 0.15) is 5.75 Å². The zero-order chi connectivity index (χ0) is 16.2. The lowest BCUT2D eigenvalue weighted by atomic mass is 10.2. The first-order chi connectivity index (χ1) is 11.2. The molecular weight excluding hydrogens is 300 g/mol. The lowest BCUT2D eigenvalue weighted by Gasteiger charge is -2.26. The molecule has 1 aromatic heterocycles. The Morgan fingerprint density at radius 2 is 2.04 bits per heavy atom. The summed E-state index contributed by atoms with van der Waals surface area (Å²) in [5.41, 5.74) is -0.370. The summed E-state index contributed by atoms with van der Waals surface area (Å²) in [5.74, 6) is -0.370. The number of nitrogens with zero attached hydrogens (tertiary/aromatic N) is 4. The number of aromatic amines is 1. The number of hydrogen-bond donors (Lipinski definition) is 3. The molecule has 2 heterocycles. The van der Waals surface area contributed by atoms with Gasteiger partial charge in [0.25, 0.3) is 5.91 Å². The number of hydrogen-bond acceptors (Lipinski definition) is 6.